The molecular formula is C17H21LiN2O2S. The molecule has 6 heteroatoms. The Morgan fingerprint density at radius 3 is 1.43 bits per heavy atom. The fraction of sp³-hybridized carbons (Fsp3) is 0.235. The first-order chi connectivity index (χ1) is 10.7. The second-order valence-electron chi connectivity index (χ2n) is 4.49. The van der Waals surface area contributed by atoms with Crippen LogP contribution >= 0.6 is 12.2 Å². The van der Waals surface area contributed by atoms with Crippen LogP contribution in [0.1, 0.15) is 13.8 Å². The monoisotopic (exact) mass is 324 g/mol. The average Bonchev–Trinajstić information content (AvgIpc) is 2.52. The number of thiocarbonyl (C=S) groups is 1. The fourth-order valence-corrected chi connectivity index (χ4v) is 2.13. The van der Waals surface area contributed by atoms with Crippen molar-refractivity contribution < 1.29 is 9.47 Å². The zero-order valence-electron chi connectivity index (χ0n) is 12.8. The van der Waals surface area contributed by atoms with E-state index in [2.05, 4.69) is 10.6 Å². The van der Waals surface area contributed by atoms with Crippen LogP contribution in [0, 0.1) is 0 Å². The van der Waals surface area contributed by atoms with Gasteiger partial charge in [0.2, 0.25) is 0 Å². The first-order valence-corrected chi connectivity index (χ1v) is 7.65. The molecule has 0 spiro atoms. The van der Waals surface area contributed by atoms with Crippen LogP contribution in [0.5, 0.6) is 11.5 Å². The molecule has 0 aliphatic rings. The van der Waals surface area contributed by atoms with Crippen LogP contribution in [0.2, 0.25) is 0 Å². The summed E-state index contributed by atoms with van der Waals surface area (Å²) >= 11 is 5.30. The van der Waals surface area contributed by atoms with Gasteiger partial charge in [-0.3, -0.25) is 0 Å². The molecule has 0 aromatic heterocycles. The van der Waals surface area contributed by atoms with Gasteiger partial charge in [0.1, 0.15) is 11.5 Å². The molecule has 0 heterocycles. The van der Waals surface area contributed by atoms with E-state index >= 15 is 0 Å². The van der Waals surface area contributed by atoms with Crippen molar-refractivity contribution in [1.29, 1.82) is 0 Å². The molecule has 0 bridgehead atoms. The van der Waals surface area contributed by atoms with Crippen LogP contribution < -0.4 is 20.1 Å². The summed E-state index contributed by atoms with van der Waals surface area (Å²) < 4.78 is 10.8. The van der Waals surface area contributed by atoms with Gasteiger partial charge in [-0.05, 0) is 74.6 Å². The van der Waals surface area contributed by atoms with Crippen LogP contribution in [0.25, 0.3) is 0 Å². The third-order valence-corrected chi connectivity index (χ3v) is 3.05. The summed E-state index contributed by atoms with van der Waals surface area (Å²) in [6.45, 7) is 5.24. The van der Waals surface area contributed by atoms with Crippen LogP contribution in [-0.2, 0) is 0 Å². The molecular weight excluding hydrogens is 303 g/mol. The van der Waals surface area contributed by atoms with Gasteiger partial charge >= 0.3 is 18.9 Å². The SMILES string of the molecule is CCOc1ccc(NC(=S)Nc2ccc(OCC)cc2)cc1.[LiH]. The van der Waals surface area contributed by atoms with Crippen LogP contribution in [0.3, 0.4) is 0 Å². The van der Waals surface area contributed by atoms with E-state index in [-0.39, 0.29) is 18.9 Å². The van der Waals surface area contributed by atoms with Gasteiger partial charge < -0.3 is 20.1 Å². The summed E-state index contributed by atoms with van der Waals surface area (Å²) in [6.07, 6.45) is 0. The summed E-state index contributed by atoms with van der Waals surface area (Å²) in [4.78, 5) is 0. The summed E-state index contributed by atoms with van der Waals surface area (Å²) in [6, 6.07) is 15.3. The van der Waals surface area contributed by atoms with Gasteiger partial charge in [0.25, 0.3) is 0 Å². The molecule has 2 aromatic rings. The molecule has 0 unspecified atom stereocenters. The molecule has 0 atom stereocenters. The van der Waals surface area contributed by atoms with E-state index in [9.17, 15) is 0 Å². The first-order valence-electron chi connectivity index (χ1n) is 7.25. The van der Waals surface area contributed by atoms with Crippen molar-refractivity contribution in [1.82, 2.24) is 0 Å². The Morgan fingerprint density at radius 1 is 0.783 bits per heavy atom. The van der Waals surface area contributed by atoms with Crippen molar-refractivity contribution in [3.05, 3.63) is 48.5 Å². The third-order valence-electron chi connectivity index (χ3n) is 2.85. The second kappa shape index (κ2) is 10.2. The maximum absolute atomic E-state index is 5.40. The summed E-state index contributed by atoms with van der Waals surface area (Å²) in [5.74, 6) is 1.69. The van der Waals surface area contributed by atoms with Crippen molar-refractivity contribution in [2.75, 3.05) is 23.8 Å². The van der Waals surface area contributed by atoms with E-state index in [0.717, 1.165) is 22.9 Å². The minimum atomic E-state index is 0. The summed E-state index contributed by atoms with van der Waals surface area (Å²) in [5.41, 5.74) is 1.82. The van der Waals surface area contributed by atoms with Crippen molar-refractivity contribution in [2.45, 2.75) is 13.8 Å². The standard InChI is InChI=1S/C17H20N2O2S.Li.H/c1-3-20-15-9-5-13(6-10-15)18-17(22)19-14-7-11-16(12-8-14)21-4-2;;/h5-12H,3-4H2,1-2H3,(H2,18,19,22);;. The van der Waals surface area contributed by atoms with E-state index < -0.39 is 0 Å². The number of anilines is 2. The molecule has 23 heavy (non-hydrogen) atoms. The minimum absolute atomic E-state index is 0. The number of rotatable bonds is 6. The molecule has 2 rings (SSSR count). The van der Waals surface area contributed by atoms with Gasteiger partial charge in [-0.25, -0.2) is 0 Å². The Balaban J connectivity index is 0.00000264. The zero-order valence-corrected chi connectivity index (χ0v) is 13.6. The normalized spacial score (nSPS) is 9.48. The maximum atomic E-state index is 5.40. The second-order valence-corrected chi connectivity index (χ2v) is 4.90. The first kappa shape index (κ1) is 19.4. The van der Waals surface area contributed by atoms with E-state index in [1.807, 2.05) is 62.4 Å². The quantitative estimate of drug-likeness (QED) is 0.627. The number of nitrogens with one attached hydrogen (secondary N) is 2. The Bertz CT molecular complexity index is 549. The number of ether oxygens (including phenoxy) is 2. The van der Waals surface area contributed by atoms with Gasteiger partial charge in [-0.1, -0.05) is 0 Å². The predicted molar refractivity (Wildman–Crippen MR) is 102 cm³/mol. The zero-order chi connectivity index (χ0) is 15.8. The van der Waals surface area contributed by atoms with E-state index in [1.54, 1.807) is 0 Å². The van der Waals surface area contributed by atoms with Gasteiger partial charge in [-0.15, -0.1) is 0 Å². The van der Waals surface area contributed by atoms with Crippen molar-refractivity contribution in [2.24, 2.45) is 0 Å². The Morgan fingerprint density at radius 2 is 1.13 bits per heavy atom. The Labute approximate surface area is 154 Å². The topological polar surface area (TPSA) is 42.5 Å². The van der Waals surface area contributed by atoms with Crippen LogP contribution in [0.15, 0.2) is 48.5 Å². The Hall–Kier alpha value is -1.67. The molecule has 0 amide bonds. The van der Waals surface area contributed by atoms with E-state index in [0.29, 0.717) is 18.3 Å². The van der Waals surface area contributed by atoms with E-state index in [1.165, 1.54) is 0 Å². The number of hydrogen-bond donors (Lipinski definition) is 2. The molecule has 0 aliphatic carbocycles. The molecule has 0 saturated carbocycles. The molecule has 0 saturated heterocycles. The van der Waals surface area contributed by atoms with Crippen LogP contribution in [-0.4, -0.2) is 37.2 Å². The predicted octanol–water partition coefficient (Wildman–Crippen LogP) is 3.64. The van der Waals surface area contributed by atoms with Crippen molar-refractivity contribution >= 4 is 47.6 Å². The molecule has 4 nitrogen and oxygen atoms in total. The molecule has 118 valence electrons. The fourth-order valence-electron chi connectivity index (χ4n) is 1.90. The summed E-state index contributed by atoms with van der Waals surface area (Å²) in [7, 11) is 0. The van der Waals surface area contributed by atoms with Gasteiger partial charge in [0, 0.05) is 11.4 Å². The van der Waals surface area contributed by atoms with Crippen LogP contribution in [0.4, 0.5) is 11.4 Å². The van der Waals surface area contributed by atoms with Gasteiger partial charge in [0.05, 0.1) is 13.2 Å². The van der Waals surface area contributed by atoms with Crippen molar-refractivity contribution in [3.8, 4) is 11.5 Å². The average molecular weight is 324 g/mol. The number of hydrogen-bond acceptors (Lipinski definition) is 3. The molecule has 0 aliphatic heterocycles. The van der Waals surface area contributed by atoms with Gasteiger partial charge in [-0.2, -0.15) is 0 Å². The molecule has 0 radical (unpaired) electrons. The Kier molecular flexibility index (Phi) is 8.57. The molecule has 2 N–H and O–H groups in total. The van der Waals surface area contributed by atoms with Crippen molar-refractivity contribution in [3.63, 3.8) is 0 Å². The molecule has 2 aromatic carbocycles. The third kappa shape index (κ3) is 6.53. The van der Waals surface area contributed by atoms with Gasteiger partial charge in [0.15, 0.2) is 5.11 Å². The molecule has 0 fully saturated rings. The number of benzene rings is 2. The van der Waals surface area contributed by atoms with E-state index in [4.69, 9.17) is 21.7 Å². The summed E-state index contributed by atoms with van der Waals surface area (Å²) in [5, 5.41) is 6.80.